The summed E-state index contributed by atoms with van der Waals surface area (Å²) in [5, 5.41) is 38.9. The summed E-state index contributed by atoms with van der Waals surface area (Å²) >= 11 is 0. The quantitative estimate of drug-likeness (QED) is 0.279. The van der Waals surface area contributed by atoms with Crippen molar-refractivity contribution < 1.29 is 34.8 Å². The van der Waals surface area contributed by atoms with E-state index >= 15 is 0 Å². The van der Waals surface area contributed by atoms with Gasteiger partial charge in [-0.15, -0.1) is 0 Å². The van der Waals surface area contributed by atoms with Crippen molar-refractivity contribution in [3.63, 3.8) is 0 Å². The Bertz CT molecular complexity index is 350. The molecular formula is C8H5O7-3. The van der Waals surface area contributed by atoms with Crippen molar-refractivity contribution in [2.45, 2.75) is 6.42 Å². The van der Waals surface area contributed by atoms with E-state index in [0.717, 1.165) is 0 Å². The summed E-state index contributed by atoms with van der Waals surface area (Å²) in [5.41, 5.74) is -0.746. The molecule has 0 aromatic heterocycles. The van der Waals surface area contributed by atoms with Gasteiger partial charge in [0.25, 0.3) is 0 Å². The Morgan fingerprint density at radius 2 is 1.60 bits per heavy atom. The summed E-state index contributed by atoms with van der Waals surface area (Å²) < 4.78 is 0. The molecule has 0 aromatic carbocycles. The molecule has 0 heterocycles. The van der Waals surface area contributed by atoms with Gasteiger partial charge >= 0.3 is 5.97 Å². The molecule has 0 bridgehead atoms. The lowest BCUT2D eigenvalue weighted by molar-refractivity contribution is -0.309. The predicted molar refractivity (Wildman–Crippen MR) is 38.4 cm³/mol. The lowest BCUT2D eigenvalue weighted by atomic mass is 10.1. The molecule has 15 heavy (non-hydrogen) atoms. The van der Waals surface area contributed by atoms with Crippen LogP contribution in [0.3, 0.4) is 0 Å². The first kappa shape index (κ1) is 12.7. The summed E-state index contributed by atoms with van der Waals surface area (Å²) in [6.45, 7) is 0. The molecule has 0 fully saturated rings. The van der Waals surface area contributed by atoms with Gasteiger partial charge in [0.2, 0.25) is 0 Å². The highest BCUT2D eigenvalue weighted by Crippen LogP contribution is 2.00. The SMILES string of the molecule is O=C([O-])CC(=CC=C([O-])C(=O)O)C(=O)[O-]. The van der Waals surface area contributed by atoms with Crippen molar-refractivity contribution in [2.75, 3.05) is 0 Å². The van der Waals surface area contributed by atoms with E-state index in [1.807, 2.05) is 0 Å². The van der Waals surface area contributed by atoms with Gasteiger partial charge in [-0.05, 0) is 11.3 Å². The van der Waals surface area contributed by atoms with E-state index in [0.29, 0.717) is 12.2 Å². The molecule has 0 atom stereocenters. The molecule has 0 saturated carbocycles. The van der Waals surface area contributed by atoms with Gasteiger partial charge in [-0.3, -0.25) is 0 Å². The predicted octanol–water partition coefficient (Wildman–Crippen LogP) is -3.87. The zero-order valence-corrected chi connectivity index (χ0v) is 7.26. The molecule has 7 heteroatoms. The molecule has 0 saturated heterocycles. The summed E-state index contributed by atoms with van der Waals surface area (Å²) in [7, 11) is 0. The maximum atomic E-state index is 10.5. The Morgan fingerprint density at radius 1 is 1.07 bits per heavy atom. The maximum absolute atomic E-state index is 10.5. The highest BCUT2D eigenvalue weighted by atomic mass is 16.4. The summed E-state index contributed by atoms with van der Waals surface area (Å²) in [5.74, 6) is -6.64. The second kappa shape index (κ2) is 5.43. The van der Waals surface area contributed by atoms with Crippen LogP contribution in [0.1, 0.15) is 6.42 Å². The minimum absolute atomic E-state index is 0.427. The fourth-order valence-electron chi connectivity index (χ4n) is 0.602. The Labute approximate surface area is 83.6 Å². The number of allylic oxidation sites excluding steroid dienone is 2. The molecule has 0 aliphatic heterocycles. The smallest absolute Gasteiger partial charge is 0.320 e. The van der Waals surface area contributed by atoms with Crippen LogP contribution in [0.25, 0.3) is 0 Å². The molecule has 0 radical (unpaired) electrons. The molecule has 0 spiro atoms. The molecule has 0 rings (SSSR count). The molecule has 0 unspecified atom stereocenters. The molecule has 1 N–H and O–H groups in total. The van der Waals surface area contributed by atoms with Crippen LogP contribution in [0.2, 0.25) is 0 Å². The van der Waals surface area contributed by atoms with Crippen LogP contribution >= 0.6 is 0 Å². The first-order chi connectivity index (χ1) is 6.84. The van der Waals surface area contributed by atoms with Crippen LogP contribution in [0.5, 0.6) is 0 Å². The van der Waals surface area contributed by atoms with Gasteiger partial charge in [-0.2, -0.15) is 0 Å². The third kappa shape index (κ3) is 5.09. The zero-order chi connectivity index (χ0) is 12.0. The number of hydrogen-bond donors (Lipinski definition) is 1. The van der Waals surface area contributed by atoms with E-state index in [9.17, 15) is 29.7 Å². The Hall–Kier alpha value is -2.31. The summed E-state index contributed by atoms with van der Waals surface area (Å²) in [6, 6.07) is 0. The highest BCUT2D eigenvalue weighted by Gasteiger charge is 1.98. The molecule has 0 aromatic rings. The number of hydrogen-bond acceptors (Lipinski definition) is 6. The largest absolute Gasteiger partial charge is 0.868 e. The zero-order valence-electron chi connectivity index (χ0n) is 7.26. The number of carbonyl (C=O) groups is 3. The van der Waals surface area contributed by atoms with Gasteiger partial charge in [0, 0.05) is 12.4 Å². The summed E-state index contributed by atoms with van der Waals surface area (Å²) in [4.78, 5) is 30.3. The molecule has 82 valence electrons. The number of rotatable bonds is 5. The van der Waals surface area contributed by atoms with E-state index < -0.39 is 35.7 Å². The average Bonchev–Trinajstić information content (AvgIpc) is 2.10. The number of carboxylic acid groups (broad SMARTS) is 3. The van der Waals surface area contributed by atoms with Crippen LogP contribution in [0, 0.1) is 0 Å². The van der Waals surface area contributed by atoms with Crippen LogP contribution in [-0.2, 0) is 14.4 Å². The highest BCUT2D eigenvalue weighted by molar-refractivity contribution is 5.91. The van der Waals surface area contributed by atoms with Crippen molar-refractivity contribution in [1.82, 2.24) is 0 Å². The van der Waals surface area contributed by atoms with Gasteiger partial charge in [0.1, 0.15) is 0 Å². The van der Waals surface area contributed by atoms with Gasteiger partial charge in [-0.1, -0.05) is 12.2 Å². The first-order valence-electron chi connectivity index (χ1n) is 3.57. The minimum Gasteiger partial charge on any atom is -0.868 e. The van der Waals surface area contributed by atoms with Crippen molar-refractivity contribution >= 4 is 17.9 Å². The van der Waals surface area contributed by atoms with Crippen molar-refractivity contribution in [2.24, 2.45) is 0 Å². The number of carbonyl (C=O) groups excluding carboxylic acids is 2. The second-order valence-corrected chi connectivity index (χ2v) is 2.36. The maximum Gasteiger partial charge on any atom is 0.320 e. The topological polar surface area (TPSA) is 141 Å². The molecule has 0 amide bonds. The van der Waals surface area contributed by atoms with Crippen molar-refractivity contribution in [3.8, 4) is 0 Å². The van der Waals surface area contributed by atoms with E-state index in [2.05, 4.69) is 0 Å². The molecule has 0 aliphatic carbocycles. The summed E-state index contributed by atoms with van der Waals surface area (Å²) in [6.07, 6.45) is 0.0176. The standard InChI is InChI=1S/C8H8O7/c9-5(8(14)15)2-1-4(7(12)13)3-6(10)11/h1-2,9H,3H2,(H,10,11)(H,12,13)(H,14,15)/p-3. The van der Waals surface area contributed by atoms with Crippen LogP contribution < -0.4 is 15.3 Å². The van der Waals surface area contributed by atoms with Gasteiger partial charge < -0.3 is 30.0 Å². The van der Waals surface area contributed by atoms with E-state index in [1.165, 1.54) is 0 Å². The minimum atomic E-state index is -1.81. The third-order valence-electron chi connectivity index (χ3n) is 1.24. The Kier molecular flexibility index (Phi) is 4.59. The van der Waals surface area contributed by atoms with Gasteiger partial charge in [-0.25, -0.2) is 4.79 Å². The monoisotopic (exact) mass is 213 g/mol. The van der Waals surface area contributed by atoms with Gasteiger partial charge in [0.05, 0.1) is 5.97 Å². The van der Waals surface area contributed by atoms with E-state index in [1.54, 1.807) is 0 Å². The molecule has 0 aliphatic rings. The second-order valence-electron chi connectivity index (χ2n) is 2.36. The number of aliphatic carboxylic acids is 3. The third-order valence-corrected chi connectivity index (χ3v) is 1.24. The van der Waals surface area contributed by atoms with E-state index in [4.69, 9.17) is 5.11 Å². The van der Waals surface area contributed by atoms with Crippen molar-refractivity contribution in [3.05, 3.63) is 23.5 Å². The Balaban J connectivity index is 4.85. The van der Waals surface area contributed by atoms with Crippen molar-refractivity contribution in [1.29, 1.82) is 0 Å². The van der Waals surface area contributed by atoms with Gasteiger partial charge in [0.15, 0.2) is 0 Å². The molecular weight excluding hydrogens is 208 g/mol. The van der Waals surface area contributed by atoms with Crippen LogP contribution in [-0.4, -0.2) is 23.0 Å². The Morgan fingerprint density at radius 3 is 1.93 bits per heavy atom. The lowest BCUT2D eigenvalue weighted by Crippen LogP contribution is -2.30. The molecule has 7 nitrogen and oxygen atoms in total. The van der Waals surface area contributed by atoms with Crippen LogP contribution in [0.15, 0.2) is 23.5 Å². The normalized spacial score (nSPS) is 12.3. The first-order valence-corrected chi connectivity index (χ1v) is 3.57. The van der Waals surface area contributed by atoms with E-state index in [-0.39, 0.29) is 0 Å². The lowest BCUT2D eigenvalue weighted by Gasteiger charge is -2.09. The average molecular weight is 213 g/mol. The van der Waals surface area contributed by atoms with Crippen LogP contribution in [0.4, 0.5) is 0 Å². The fraction of sp³-hybridized carbons (Fsp3) is 0.125. The fourth-order valence-corrected chi connectivity index (χ4v) is 0.602. The number of carboxylic acids is 3.